The van der Waals surface area contributed by atoms with Crippen LogP contribution in [0.2, 0.25) is 0 Å². The number of aryl methyl sites for hydroxylation is 1. The van der Waals surface area contributed by atoms with Crippen molar-refractivity contribution in [1.82, 2.24) is 19.7 Å². The van der Waals surface area contributed by atoms with Gasteiger partial charge in [-0.15, -0.1) is 0 Å². The highest BCUT2D eigenvalue weighted by Crippen LogP contribution is 2.22. The second-order valence-corrected chi connectivity index (χ2v) is 5.13. The number of hydrogen-bond donors (Lipinski definition) is 0. The third-order valence-electron chi connectivity index (χ3n) is 3.57. The number of ether oxygens (including phenoxy) is 1. The second kappa shape index (κ2) is 6.05. The van der Waals surface area contributed by atoms with Gasteiger partial charge in [-0.3, -0.25) is 14.5 Å². The average Bonchev–Trinajstić information content (AvgIpc) is 3.00. The molecule has 0 saturated carbocycles. The van der Waals surface area contributed by atoms with Crippen molar-refractivity contribution in [2.75, 3.05) is 19.7 Å². The maximum Gasteiger partial charge on any atom is 0.244 e. The molecule has 0 N–H and O–H groups in total. The third kappa shape index (κ3) is 3.28. The molecule has 6 nitrogen and oxygen atoms in total. The Hall–Kier alpha value is -2.21. The lowest BCUT2D eigenvalue weighted by molar-refractivity contribution is -0.139. The van der Waals surface area contributed by atoms with Crippen LogP contribution >= 0.6 is 0 Å². The summed E-state index contributed by atoms with van der Waals surface area (Å²) in [5.41, 5.74) is 2.02. The highest BCUT2D eigenvalue weighted by molar-refractivity contribution is 5.76. The fraction of sp³-hybridized carbons (Fsp3) is 0.400. The quantitative estimate of drug-likeness (QED) is 0.850. The van der Waals surface area contributed by atoms with E-state index in [1.165, 1.54) is 0 Å². The Morgan fingerprint density at radius 3 is 3.14 bits per heavy atom. The first kappa shape index (κ1) is 13.8. The number of aromatic nitrogens is 3. The van der Waals surface area contributed by atoms with Gasteiger partial charge < -0.3 is 9.64 Å². The van der Waals surface area contributed by atoms with E-state index in [0.29, 0.717) is 19.7 Å². The number of carbonyl (C=O) groups is 1. The molecule has 0 aromatic carbocycles. The summed E-state index contributed by atoms with van der Waals surface area (Å²) in [7, 11) is 0. The lowest BCUT2D eigenvalue weighted by Gasteiger charge is -2.33. The van der Waals surface area contributed by atoms with Crippen LogP contribution in [0.3, 0.4) is 0 Å². The van der Waals surface area contributed by atoms with Crippen LogP contribution in [-0.2, 0) is 16.1 Å². The van der Waals surface area contributed by atoms with E-state index in [4.69, 9.17) is 4.74 Å². The number of pyridine rings is 1. The van der Waals surface area contributed by atoms with Crippen molar-refractivity contribution in [3.63, 3.8) is 0 Å². The standard InChI is InChI=1S/C15H18N4O2/c1-12-9-13(3-5-16-12)14-10-18(7-8-21-14)15(20)11-19-6-2-4-17-19/h2-6,9,14H,7-8,10-11H2,1H3/t14-/m0/s1. The summed E-state index contributed by atoms with van der Waals surface area (Å²) in [5, 5.41) is 4.07. The van der Waals surface area contributed by atoms with Crippen molar-refractivity contribution in [3.8, 4) is 0 Å². The SMILES string of the molecule is Cc1cc([C@@H]2CN(C(=O)Cn3cccn3)CCO2)ccn1. The van der Waals surface area contributed by atoms with E-state index in [9.17, 15) is 4.79 Å². The van der Waals surface area contributed by atoms with Crippen molar-refractivity contribution in [2.45, 2.75) is 19.6 Å². The highest BCUT2D eigenvalue weighted by Gasteiger charge is 2.25. The maximum absolute atomic E-state index is 12.3. The molecule has 0 radical (unpaired) electrons. The van der Waals surface area contributed by atoms with Crippen LogP contribution in [0.4, 0.5) is 0 Å². The first-order chi connectivity index (χ1) is 10.2. The summed E-state index contributed by atoms with van der Waals surface area (Å²) >= 11 is 0. The van der Waals surface area contributed by atoms with Crippen molar-refractivity contribution >= 4 is 5.91 Å². The van der Waals surface area contributed by atoms with Gasteiger partial charge in [0.05, 0.1) is 13.2 Å². The van der Waals surface area contributed by atoms with Gasteiger partial charge in [-0.1, -0.05) is 0 Å². The summed E-state index contributed by atoms with van der Waals surface area (Å²) in [6.45, 7) is 3.98. The number of carbonyl (C=O) groups excluding carboxylic acids is 1. The Kier molecular flexibility index (Phi) is 3.96. The Bertz CT molecular complexity index is 612. The molecule has 2 aromatic rings. The first-order valence-electron chi connectivity index (χ1n) is 7.02. The van der Waals surface area contributed by atoms with Crippen LogP contribution in [-0.4, -0.2) is 45.3 Å². The van der Waals surface area contributed by atoms with Gasteiger partial charge in [0, 0.05) is 30.8 Å². The van der Waals surface area contributed by atoms with Crippen LogP contribution in [0.25, 0.3) is 0 Å². The van der Waals surface area contributed by atoms with Crippen LogP contribution in [0.1, 0.15) is 17.4 Å². The molecule has 1 saturated heterocycles. The normalized spacial score (nSPS) is 18.7. The van der Waals surface area contributed by atoms with Crippen molar-refractivity contribution in [1.29, 1.82) is 0 Å². The van der Waals surface area contributed by atoms with Gasteiger partial charge in [0.25, 0.3) is 0 Å². The molecule has 110 valence electrons. The van der Waals surface area contributed by atoms with Gasteiger partial charge in [0.1, 0.15) is 12.6 Å². The molecular weight excluding hydrogens is 268 g/mol. The molecule has 1 aliphatic rings. The van der Waals surface area contributed by atoms with E-state index >= 15 is 0 Å². The summed E-state index contributed by atoms with van der Waals surface area (Å²) in [6, 6.07) is 5.76. The Balaban J connectivity index is 1.66. The smallest absolute Gasteiger partial charge is 0.244 e. The Labute approximate surface area is 123 Å². The second-order valence-electron chi connectivity index (χ2n) is 5.13. The number of amides is 1. The van der Waals surface area contributed by atoms with E-state index in [0.717, 1.165) is 11.3 Å². The zero-order chi connectivity index (χ0) is 14.7. The van der Waals surface area contributed by atoms with Gasteiger partial charge in [-0.05, 0) is 30.7 Å². The number of morpholine rings is 1. The topological polar surface area (TPSA) is 60.2 Å². The molecule has 1 fully saturated rings. The maximum atomic E-state index is 12.3. The number of rotatable bonds is 3. The molecule has 0 unspecified atom stereocenters. The van der Waals surface area contributed by atoms with E-state index in [2.05, 4.69) is 10.1 Å². The zero-order valence-electron chi connectivity index (χ0n) is 12.0. The molecule has 21 heavy (non-hydrogen) atoms. The average molecular weight is 286 g/mol. The van der Waals surface area contributed by atoms with Crippen molar-refractivity contribution < 1.29 is 9.53 Å². The lowest BCUT2D eigenvalue weighted by atomic mass is 10.1. The van der Waals surface area contributed by atoms with Gasteiger partial charge in [-0.25, -0.2) is 0 Å². The molecule has 1 atom stereocenters. The van der Waals surface area contributed by atoms with Crippen LogP contribution < -0.4 is 0 Å². The van der Waals surface area contributed by atoms with Gasteiger partial charge in [0.2, 0.25) is 5.91 Å². The molecule has 3 heterocycles. The summed E-state index contributed by atoms with van der Waals surface area (Å²) in [6.07, 6.45) is 5.16. The summed E-state index contributed by atoms with van der Waals surface area (Å²) in [4.78, 5) is 18.3. The minimum absolute atomic E-state index is 0.0674. The predicted molar refractivity (Wildman–Crippen MR) is 76.5 cm³/mol. The highest BCUT2D eigenvalue weighted by atomic mass is 16.5. The number of hydrogen-bond acceptors (Lipinski definition) is 4. The molecule has 1 aliphatic heterocycles. The summed E-state index contributed by atoms with van der Waals surface area (Å²) in [5.74, 6) is 0.0674. The molecule has 6 heteroatoms. The first-order valence-corrected chi connectivity index (χ1v) is 7.02. The summed E-state index contributed by atoms with van der Waals surface area (Å²) < 4.78 is 7.43. The van der Waals surface area contributed by atoms with Crippen LogP contribution in [0.15, 0.2) is 36.8 Å². The Morgan fingerprint density at radius 1 is 1.48 bits per heavy atom. The molecule has 0 aliphatic carbocycles. The van der Waals surface area contributed by atoms with Gasteiger partial charge >= 0.3 is 0 Å². The fourth-order valence-electron chi connectivity index (χ4n) is 2.48. The van der Waals surface area contributed by atoms with Crippen LogP contribution in [0.5, 0.6) is 0 Å². The third-order valence-corrected chi connectivity index (χ3v) is 3.57. The van der Waals surface area contributed by atoms with Crippen molar-refractivity contribution in [3.05, 3.63) is 48.0 Å². The molecular formula is C15H18N4O2. The minimum atomic E-state index is -0.0815. The van der Waals surface area contributed by atoms with Gasteiger partial charge in [-0.2, -0.15) is 5.10 Å². The monoisotopic (exact) mass is 286 g/mol. The predicted octanol–water partition coefficient (Wildman–Crippen LogP) is 1.19. The van der Waals surface area contributed by atoms with Crippen LogP contribution in [0, 0.1) is 6.92 Å². The van der Waals surface area contributed by atoms with E-state index in [-0.39, 0.29) is 18.6 Å². The molecule has 3 rings (SSSR count). The lowest BCUT2D eigenvalue weighted by Crippen LogP contribution is -2.43. The largest absolute Gasteiger partial charge is 0.370 e. The molecule has 0 bridgehead atoms. The van der Waals surface area contributed by atoms with Gasteiger partial charge in [0.15, 0.2) is 0 Å². The van der Waals surface area contributed by atoms with E-state index in [1.807, 2.05) is 30.0 Å². The number of nitrogens with zero attached hydrogens (tertiary/aromatic N) is 4. The molecule has 1 amide bonds. The minimum Gasteiger partial charge on any atom is -0.370 e. The van der Waals surface area contributed by atoms with Crippen molar-refractivity contribution in [2.24, 2.45) is 0 Å². The molecule has 0 spiro atoms. The zero-order valence-corrected chi connectivity index (χ0v) is 12.0. The van der Waals surface area contributed by atoms with E-state index < -0.39 is 0 Å². The van der Waals surface area contributed by atoms with E-state index in [1.54, 1.807) is 23.3 Å². The Morgan fingerprint density at radius 2 is 2.38 bits per heavy atom. The molecule has 2 aromatic heterocycles. The fourth-order valence-corrected chi connectivity index (χ4v) is 2.48.